The smallest absolute Gasteiger partial charge is 0.319 e. The van der Waals surface area contributed by atoms with Crippen molar-refractivity contribution in [3.63, 3.8) is 0 Å². The molecule has 3 N–H and O–H groups in total. The van der Waals surface area contributed by atoms with Crippen molar-refractivity contribution in [2.24, 2.45) is 0 Å². The molecule has 104 valence electrons. The summed E-state index contributed by atoms with van der Waals surface area (Å²) >= 11 is 0. The quantitative estimate of drug-likeness (QED) is 0.780. The van der Waals surface area contributed by atoms with Crippen molar-refractivity contribution in [1.29, 1.82) is 0 Å². The predicted octanol–water partition coefficient (Wildman–Crippen LogP) is 3.61. The van der Waals surface area contributed by atoms with Crippen LogP contribution in [0.25, 0.3) is 10.8 Å². The van der Waals surface area contributed by atoms with Crippen molar-refractivity contribution in [3.8, 4) is 5.75 Å². The molecule has 20 heavy (non-hydrogen) atoms. The number of anilines is 1. The number of benzene rings is 2. The summed E-state index contributed by atoms with van der Waals surface area (Å²) in [7, 11) is 0. The second-order valence-electron chi connectivity index (χ2n) is 5.29. The number of hydrogen-bond donors (Lipinski definition) is 3. The lowest BCUT2D eigenvalue weighted by atomic mass is 10.1. The van der Waals surface area contributed by atoms with E-state index in [4.69, 9.17) is 0 Å². The van der Waals surface area contributed by atoms with Gasteiger partial charge in [-0.2, -0.15) is 0 Å². The zero-order chi connectivity index (χ0) is 13.9. The van der Waals surface area contributed by atoms with E-state index in [0.717, 1.165) is 23.6 Å². The van der Waals surface area contributed by atoms with E-state index in [-0.39, 0.29) is 11.8 Å². The van der Waals surface area contributed by atoms with Crippen LogP contribution in [0.4, 0.5) is 10.5 Å². The lowest BCUT2D eigenvalue weighted by Crippen LogP contribution is -2.36. The Balaban J connectivity index is 1.79. The molecule has 0 aromatic heterocycles. The third kappa shape index (κ3) is 2.69. The molecule has 1 saturated carbocycles. The first-order chi connectivity index (χ1) is 9.72. The van der Waals surface area contributed by atoms with E-state index in [0.29, 0.717) is 11.7 Å². The number of phenols is 1. The summed E-state index contributed by atoms with van der Waals surface area (Å²) in [6.07, 6.45) is 4.49. The molecule has 2 aromatic rings. The number of carbonyl (C=O) groups is 1. The minimum Gasteiger partial charge on any atom is -0.508 e. The standard InChI is InChI=1S/C16H18N2O2/c19-13-9-8-11-4-3-7-15(14(11)10-13)18-16(20)17-12-5-1-2-6-12/h3-4,7-10,12,19H,1-2,5-6H2,(H2,17,18,20). The summed E-state index contributed by atoms with van der Waals surface area (Å²) in [6, 6.07) is 11.0. The van der Waals surface area contributed by atoms with E-state index in [1.165, 1.54) is 12.8 Å². The fourth-order valence-corrected chi connectivity index (χ4v) is 2.78. The SMILES string of the molecule is O=C(Nc1cccc2ccc(O)cc12)NC1CCCC1. The van der Waals surface area contributed by atoms with Gasteiger partial charge < -0.3 is 15.7 Å². The lowest BCUT2D eigenvalue weighted by Gasteiger charge is -2.14. The van der Waals surface area contributed by atoms with Crippen LogP contribution in [-0.2, 0) is 0 Å². The number of phenolic OH excluding ortho intramolecular Hbond substituents is 1. The van der Waals surface area contributed by atoms with Crippen molar-refractivity contribution in [2.45, 2.75) is 31.7 Å². The van der Waals surface area contributed by atoms with Gasteiger partial charge in [-0.1, -0.05) is 31.0 Å². The van der Waals surface area contributed by atoms with Gasteiger partial charge in [0.05, 0.1) is 5.69 Å². The Kier molecular flexibility index (Phi) is 3.46. The highest BCUT2D eigenvalue weighted by molar-refractivity contribution is 6.02. The maximum absolute atomic E-state index is 12.0. The first-order valence-electron chi connectivity index (χ1n) is 7.01. The van der Waals surface area contributed by atoms with Gasteiger partial charge in [-0.05, 0) is 36.4 Å². The van der Waals surface area contributed by atoms with Crippen molar-refractivity contribution in [1.82, 2.24) is 5.32 Å². The van der Waals surface area contributed by atoms with Crippen LogP contribution in [-0.4, -0.2) is 17.2 Å². The van der Waals surface area contributed by atoms with Crippen LogP contribution in [0.3, 0.4) is 0 Å². The van der Waals surface area contributed by atoms with Crippen molar-refractivity contribution in [2.75, 3.05) is 5.32 Å². The number of rotatable bonds is 2. The Hall–Kier alpha value is -2.23. The highest BCUT2D eigenvalue weighted by Crippen LogP contribution is 2.27. The van der Waals surface area contributed by atoms with Crippen LogP contribution in [0.15, 0.2) is 36.4 Å². The Bertz CT molecular complexity index is 633. The van der Waals surface area contributed by atoms with Crippen molar-refractivity contribution in [3.05, 3.63) is 36.4 Å². The zero-order valence-electron chi connectivity index (χ0n) is 11.2. The minimum atomic E-state index is -0.173. The first-order valence-corrected chi connectivity index (χ1v) is 7.01. The van der Waals surface area contributed by atoms with Crippen LogP contribution in [0, 0.1) is 0 Å². The second kappa shape index (κ2) is 5.41. The van der Waals surface area contributed by atoms with Gasteiger partial charge in [0.2, 0.25) is 0 Å². The number of urea groups is 1. The van der Waals surface area contributed by atoms with Crippen LogP contribution < -0.4 is 10.6 Å². The van der Waals surface area contributed by atoms with Gasteiger partial charge in [0.1, 0.15) is 5.75 Å². The third-order valence-electron chi connectivity index (χ3n) is 3.80. The van der Waals surface area contributed by atoms with Crippen molar-refractivity contribution >= 4 is 22.5 Å². The fraction of sp³-hybridized carbons (Fsp3) is 0.312. The summed E-state index contributed by atoms with van der Waals surface area (Å²) in [5.41, 5.74) is 0.717. The molecule has 0 saturated heterocycles. The van der Waals surface area contributed by atoms with Crippen LogP contribution in [0.5, 0.6) is 5.75 Å². The summed E-state index contributed by atoms with van der Waals surface area (Å²) in [6.45, 7) is 0. The van der Waals surface area contributed by atoms with Gasteiger partial charge in [-0.25, -0.2) is 4.79 Å². The molecule has 1 aliphatic carbocycles. The summed E-state index contributed by atoms with van der Waals surface area (Å²) in [4.78, 5) is 12.0. The van der Waals surface area contributed by atoms with Crippen LogP contribution in [0.2, 0.25) is 0 Å². The lowest BCUT2D eigenvalue weighted by molar-refractivity contribution is 0.248. The molecule has 0 spiro atoms. The summed E-state index contributed by atoms with van der Waals surface area (Å²) < 4.78 is 0. The molecule has 2 aromatic carbocycles. The Labute approximate surface area is 117 Å². The normalized spacial score (nSPS) is 15.4. The van der Waals surface area contributed by atoms with E-state index in [1.54, 1.807) is 12.1 Å². The van der Waals surface area contributed by atoms with Gasteiger partial charge in [-0.3, -0.25) is 0 Å². The molecule has 4 heteroatoms. The third-order valence-corrected chi connectivity index (χ3v) is 3.80. The zero-order valence-corrected chi connectivity index (χ0v) is 11.2. The summed E-state index contributed by atoms with van der Waals surface area (Å²) in [5, 5.41) is 17.3. The number of nitrogens with one attached hydrogen (secondary N) is 2. The molecular formula is C16H18N2O2. The van der Waals surface area contributed by atoms with Crippen LogP contribution >= 0.6 is 0 Å². The number of carbonyl (C=O) groups excluding carboxylic acids is 1. The molecule has 2 amide bonds. The first kappa shape index (κ1) is 12.8. The molecule has 0 bridgehead atoms. The maximum Gasteiger partial charge on any atom is 0.319 e. The van der Waals surface area contributed by atoms with Gasteiger partial charge in [0.25, 0.3) is 0 Å². The molecule has 3 rings (SSSR count). The average molecular weight is 270 g/mol. The van der Waals surface area contributed by atoms with Gasteiger partial charge in [0, 0.05) is 11.4 Å². The van der Waals surface area contributed by atoms with E-state index >= 15 is 0 Å². The highest BCUT2D eigenvalue weighted by atomic mass is 16.3. The van der Waals surface area contributed by atoms with E-state index in [9.17, 15) is 9.90 Å². The summed E-state index contributed by atoms with van der Waals surface area (Å²) in [5.74, 6) is 0.197. The highest BCUT2D eigenvalue weighted by Gasteiger charge is 2.17. The second-order valence-corrected chi connectivity index (χ2v) is 5.29. The molecular weight excluding hydrogens is 252 g/mol. The van der Waals surface area contributed by atoms with Gasteiger partial charge in [-0.15, -0.1) is 0 Å². The predicted molar refractivity (Wildman–Crippen MR) is 80.0 cm³/mol. The maximum atomic E-state index is 12.0. The van der Waals surface area contributed by atoms with Gasteiger partial charge >= 0.3 is 6.03 Å². The molecule has 1 aliphatic rings. The Morgan fingerprint density at radius 2 is 1.95 bits per heavy atom. The van der Waals surface area contributed by atoms with E-state index in [2.05, 4.69) is 10.6 Å². The minimum absolute atomic E-state index is 0.173. The van der Waals surface area contributed by atoms with Gasteiger partial charge in [0.15, 0.2) is 0 Å². The Morgan fingerprint density at radius 1 is 1.15 bits per heavy atom. The molecule has 1 fully saturated rings. The molecule has 4 nitrogen and oxygen atoms in total. The molecule has 0 unspecified atom stereocenters. The number of amides is 2. The molecule has 0 heterocycles. The largest absolute Gasteiger partial charge is 0.508 e. The Morgan fingerprint density at radius 3 is 2.75 bits per heavy atom. The monoisotopic (exact) mass is 270 g/mol. The fourth-order valence-electron chi connectivity index (χ4n) is 2.78. The molecule has 0 radical (unpaired) electrons. The average Bonchev–Trinajstić information content (AvgIpc) is 2.92. The molecule has 0 aliphatic heterocycles. The number of fused-ring (bicyclic) bond motifs is 1. The van der Waals surface area contributed by atoms with Crippen LogP contribution in [0.1, 0.15) is 25.7 Å². The van der Waals surface area contributed by atoms with E-state index in [1.807, 2.05) is 24.3 Å². The van der Waals surface area contributed by atoms with E-state index < -0.39 is 0 Å². The topological polar surface area (TPSA) is 61.4 Å². The molecule has 0 atom stereocenters. The van der Waals surface area contributed by atoms with Crippen molar-refractivity contribution < 1.29 is 9.90 Å². The number of aromatic hydroxyl groups is 1. The number of hydrogen-bond acceptors (Lipinski definition) is 2.